The number of carboxylic acid groups (broad SMARTS) is 1. The monoisotopic (exact) mass is 306 g/mol. The van der Waals surface area contributed by atoms with Crippen molar-refractivity contribution >= 4 is 5.97 Å². The third-order valence-corrected chi connectivity index (χ3v) is 3.56. The Morgan fingerprint density at radius 3 is 1.59 bits per heavy atom. The minimum absolute atomic E-state index is 0.843. The van der Waals surface area contributed by atoms with Crippen molar-refractivity contribution in [1.29, 1.82) is 0 Å². The van der Waals surface area contributed by atoms with Gasteiger partial charge in [0, 0.05) is 6.08 Å². The Morgan fingerprint density at radius 2 is 1.09 bits per heavy atom. The second-order valence-corrected chi connectivity index (χ2v) is 5.72. The molecule has 22 heavy (non-hydrogen) atoms. The van der Waals surface area contributed by atoms with E-state index < -0.39 is 5.97 Å². The smallest absolute Gasteiger partial charge is 0.327 e. The van der Waals surface area contributed by atoms with Gasteiger partial charge in [-0.15, -0.1) is 0 Å². The van der Waals surface area contributed by atoms with Crippen LogP contribution in [0.5, 0.6) is 0 Å². The Labute approximate surface area is 137 Å². The molecule has 0 radical (unpaired) electrons. The number of allylic oxidation sites excluding steroid dienone is 5. The molecule has 0 bridgehead atoms. The number of aliphatic carboxylic acids is 1. The van der Waals surface area contributed by atoms with Gasteiger partial charge in [-0.1, -0.05) is 56.6 Å². The van der Waals surface area contributed by atoms with Gasteiger partial charge in [0.2, 0.25) is 0 Å². The van der Waals surface area contributed by atoms with Gasteiger partial charge in [-0.05, 0) is 57.8 Å². The van der Waals surface area contributed by atoms with Crippen LogP contribution in [-0.2, 0) is 4.79 Å². The topological polar surface area (TPSA) is 37.3 Å². The average molecular weight is 306 g/mol. The maximum absolute atomic E-state index is 10.3. The van der Waals surface area contributed by atoms with E-state index in [1.165, 1.54) is 63.9 Å². The first-order chi connectivity index (χ1) is 10.8. The van der Waals surface area contributed by atoms with Crippen LogP contribution in [0.4, 0.5) is 0 Å². The molecule has 0 aliphatic rings. The lowest BCUT2D eigenvalue weighted by molar-refractivity contribution is -0.131. The van der Waals surface area contributed by atoms with E-state index in [9.17, 15) is 4.79 Å². The third kappa shape index (κ3) is 18.7. The lowest BCUT2D eigenvalue weighted by Gasteiger charge is -1.98. The lowest BCUT2D eigenvalue weighted by atomic mass is 10.1. The Hall–Kier alpha value is -1.31. The number of hydrogen-bond donors (Lipinski definition) is 1. The van der Waals surface area contributed by atoms with E-state index in [-0.39, 0.29) is 0 Å². The number of carbonyl (C=O) groups is 1. The van der Waals surface area contributed by atoms with Crippen molar-refractivity contribution in [3.8, 4) is 0 Å². The quantitative estimate of drug-likeness (QED) is 0.215. The summed E-state index contributed by atoms with van der Waals surface area (Å²) in [6.07, 6.45) is 26.6. The fraction of sp³-hybridized carbons (Fsp3) is 0.650. The van der Waals surface area contributed by atoms with Gasteiger partial charge in [0.25, 0.3) is 0 Å². The van der Waals surface area contributed by atoms with E-state index in [1.54, 1.807) is 6.08 Å². The predicted octanol–water partition coefficient (Wildman–Crippen LogP) is 6.44. The standard InChI is InChI=1S/C20H34O2/c1-2-3-4-5-6-7-8-9-10-11-12-13-14-15-16-17-18-19-20(21)22/h3-4,9-10,18-19H,2,5-8,11-17H2,1H3,(H,21,22). The van der Waals surface area contributed by atoms with Crippen LogP contribution in [0.25, 0.3) is 0 Å². The summed E-state index contributed by atoms with van der Waals surface area (Å²) in [6.45, 7) is 2.18. The summed E-state index contributed by atoms with van der Waals surface area (Å²) in [5.41, 5.74) is 0. The summed E-state index contributed by atoms with van der Waals surface area (Å²) in [7, 11) is 0. The van der Waals surface area contributed by atoms with Gasteiger partial charge in [-0.2, -0.15) is 0 Å². The van der Waals surface area contributed by atoms with Gasteiger partial charge >= 0.3 is 5.97 Å². The fourth-order valence-corrected chi connectivity index (χ4v) is 2.28. The number of hydrogen-bond acceptors (Lipinski definition) is 1. The number of carboxylic acids is 1. The van der Waals surface area contributed by atoms with Crippen LogP contribution < -0.4 is 0 Å². The molecule has 0 fully saturated rings. The summed E-state index contributed by atoms with van der Waals surface area (Å²) in [5.74, 6) is -0.843. The van der Waals surface area contributed by atoms with E-state index in [0.29, 0.717) is 0 Å². The molecule has 0 aliphatic heterocycles. The molecule has 0 atom stereocenters. The zero-order valence-corrected chi connectivity index (χ0v) is 14.3. The maximum Gasteiger partial charge on any atom is 0.327 e. The molecule has 0 saturated heterocycles. The van der Waals surface area contributed by atoms with Crippen molar-refractivity contribution in [1.82, 2.24) is 0 Å². The summed E-state index contributed by atoms with van der Waals surface area (Å²) in [6, 6.07) is 0. The molecule has 0 saturated carbocycles. The van der Waals surface area contributed by atoms with Crippen molar-refractivity contribution in [3.63, 3.8) is 0 Å². The molecule has 0 aliphatic carbocycles. The van der Waals surface area contributed by atoms with E-state index in [2.05, 4.69) is 31.2 Å². The highest BCUT2D eigenvalue weighted by atomic mass is 16.4. The molecule has 0 spiro atoms. The summed E-state index contributed by atoms with van der Waals surface area (Å²) < 4.78 is 0. The van der Waals surface area contributed by atoms with Gasteiger partial charge in [0.05, 0.1) is 0 Å². The van der Waals surface area contributed by atoms with Crippen LogP contribution in [-0.4, -0.2) is 11.1 Å². The van der Waals surface area contributed by atoms with E-state index >= 15 is 0 Å². The lowest BCUT2D eigenvalue weighted by Crippen LogP contribution is -1.85. The van der Waals surface area contributed by atoms with E-state index in [4.69, 9.17) is 5.11 Å². The normalized spacial score (nSPS) is 12.0. The van der Waals surface area contributed by atoms with Crippen LogP contribution in [0, 0.1) is 0 Å². The van der Waals surface area contributed by atoms with Gasteiger partial charge in [0.15, 0.2) is 0 Å². The summed E-state index contributed by atoms with van der Waals surface area (Å²) in [5, 5.41) is 8.44. The number of rotatable bonds is 15. The number of unbranched alkanes of at least 4 members (excludes halogenated alkanes) is 9. The zero-order valence-electron chi connectivity index (χ0n) is 14.3. The molecule has 2 heteroatoms. The molecule has 0 heterocycles. The van der Waals surface area contributed by atoms with Crippen LogP contribution in [0.1, 0.15) is 84.0 Å². The second kappa shape index (κ2) is 17.7. The van der Waals surface area contributed by atoms with Crippen molar-refractivity contribution in [2.45, 2.75) is 84.0 Å². The fourth-order valence-electron chi connectivity index (χ4n) is 2.28. The summed E-state index contributed by atoms with van der Waals surface area (Å²) >= 11 is 0. The molecule has 126 valence electrons. The predicted molar refractivity (Wildman–Crippen MR) is 96.1 cm³/mol. The highest BCUT2D eigenvalue weighted by Crippen LogP contribution is 2.09. The molecule has 0 unspecified atom stereocenters. The summed E-state index contributed by atoms with van der Waals surface area (Å²) in [4.78, 5) is 10.3. The zero-order chi connectivity index (χ0) is 16.3. The van der Waals surface area contributed by atoms with Gasteiger partial charge < -0.3 is 5.11 Å². The van der Waals surface area contributed by atoms with Crippen LogP contribution in [0.3, 0.4) is 0 Å². The molecule has 0 rings (SSSR count). The Morgan fingerprint density at radius 1 is 0.682 bits per heavy atom. The Kier molecular flexibility index (Phi) is 16.7. The minimum Gasteiger partial charge on any atom is -0.478 e. The van der Waals surface area contributed by atoms with Crippen LogP contribution in [0.2, 0.25) is 0 Å². The molecular formula is C20H34O2. The third-order valence-electron chi connectivity index (χ3n) is 3.56. The molecule has 0 aromatic carbocycles. The highest BCUT2D eigenvalue weighted by Gasteiger charge is 1.90. The average Bonchev–Trinajstić information content (AvgIpc) is 2.50. The van der Waals surface area contributed by atoms with Gasteiger partial charge in [-0.3, -0.25) is 0 Å². The molecule has 0 aromatic heterocycles. The first-order valence-corrected chi connectivity index (χ1v) is 8.96. The van der Waals surface area contributed by atoms with Crippen molar-refractivity contribution in [2.75, 3.05) is 0 Å². The molecule has 1 N–H and O–H groups in total. The highest BCUT2D eigenvalue weighted by molar-refractivity contribution is 5.79. The molecule has 2 nitrogen and oxygen atoms in total. The first-order valence-electron chi connectivity index (χ1n) is 8.96. The second-order valence-electron chi connectivity index (χ2n) is 5.72. The van der Waals surface area contributed by atoms with Crippen LogP contribution >= 0.6 is 0 Å². The molecular weight excluding hydrogens is 272 g/mol. The minimum atomic E-state index is -0.843. The van der Waals surface area contributed by atoms with Crippen molar-refractivity contribution in [3.05, 3.63) is 36.5 Å². The molecule has 0 amide bonds. The SMILES string of the molecule is CCC=CCCCCC=CCCCCCCCC=CC(=O)O. The largest absolute Gasteiger partial charge is 0.478 e. The van der Waals surface area contributed by atoms with Gasteiger partial charge in [-0.25, -0.2) is 4.79 Å². The van der Waals surface area contributed by atoms with E-state index in [0.717, 1.165) is 19.3 Å². The first kappa shape index (κ1) is 20.7. The maximum atomic E-state index is 10.3. The van der Waals surface area contributed by atoms with Crippen molar-refractivity contribution < 1.29 is 9.90 Å². The van der Waals surface area contributed by atoms with Crippen molar-refractivity contribution in [2.24, 2.45) is 0 Å². The molecule has 0 aromatic rings. The van der Waals surface area contributed by atoms with Gasteiger partial charge in [0.1, 0.15) is 0 Å². The Bertz CT molecular complexity index is 327. The Balaban J connectivity index is 3.17. The van der Waals surface area contributed by atoms with E-state index in [1.807, 2.05) is 0 Å². The van der Waals surface area contributed by atoms with Crippen LogP contribution in [0.15, 0.2) is 36.5 Å².